The zero-order valence-corrected chi connectivity index (χ0v) is 15.2. The average Bonchev–Trinajstić information content (AvgIpc) is 3.32. The first kappa shape index (κ1) is 18.1. The third-order valence-corrected chi connectivity index (χ3v) is 4.88. The minimum atomic E-state index is 0.0403. The Balaban J connectivity index is 1.42. The van der Waals surface area contributed by atoms with Crippen LogP contribution >= 0.6 is 0 Å². The quantitative estimate of drug-likeness (QED) is 0.693. The van der Waals surface area contributed by atoms with E-state index in [2.05, 4.69) is 17.4 Å². The number of rotatable bonds is 9. The second kappa shape index (κ2) is 9.09. The number of nitrogens with one attached hydrogen (secondary N) is 1. The lowest BCUT2D eigenvalue weighted by Crippen LogP contribution is -2.40. The van der Waals surface area contributed by atoms with E-state index in [4.69, 9.17) is 9.47 Å². The number of amides is 2. The molecule has 1 heterocycles. The van der Waals surface area contributed by atoms with Gasteiger partial charge in [0.05, 0.1) is 12.6 Å². The summed E-state index contributed by atoms with van der Waals surface area (Å²) in [6.07, 6.45) is 5.58. The van der Waals surface area contributed by atoms with Crippen LogP contribution in [0.3, 0.4) is 0 Å². The number of benzene rings is 1. The highest BCUT2D eigenvalue weighted by atomic mass is 16.5. The highest BCUT2D eigenvalue weighted by molar-refractivity contribution is 5.75. The SMILES string of the molecule is CCOc1ccc(C2CCCN2C(=O)NCCCOCC2CC2)cc1. The Morgan fingerprint density at radius 1 is 1.24 bits per heavy atom. The van der Waals surface area contributed by atoms with Crippen molar-refractivity contribution in [3.8, 4) is 5.75 Å². The summed E-state index contributed by atoms with van der Waals surface area (Å²) in [5.41, 5.74) is 1.18. The fraction of sp³-hybridized carbons (Fsp3) is 0.650. The maximum atomic E-state index is 12.5. The van der Waals surface area contributed by atoms with Gasteiger partial charge in [-0.2, -0.15) is 0 Å². The standard InChI is InChI=1S/C20H30N2O3/c1-2-25-18-10-8-17(9-11-18)19-5-3-13-22(19)20(23)21-12-4-14-24-15-16-6-7-16/h8-11,16,19H,2-7,12-15H2,1H3,(H,21,23). The van der Waals surface area contributed by atoms with Gasteiger partial charge in [-0.1, -0.05) is 12.1 Å². The largest absolute Gasteiger partial charge is 0.494 e. The monoisotopic (exact) mass is 346 g/mol. The van der Waals surface area contributed by atoms with Crippen LogP contribution in [0.25, 0.3) is 0 Å². The molecule has 1 saturated heterocycles. The average molecular weight is 346 g/mol. The second-order valence-electron chi connectivity index (χ2n) is 6.96. The zero-order valence-electron chi connectivity index (χ0n) is 15.2. The molecule has 0 radical (unpaired) electrons. The first-order valence-electron chi connectivity index (χ1n) is 9.63. The van der Waals surface area contributed by atoms with Crippen molar-refractivity contribution in [3.05, 3.63) is 29.8 Å². The first-order valence-corrected chi connectivity index (χ1v) is 9.63. The molecule has 25 heavy (non-hydrogen) atoms. The molecule has 1 aromatic carbocycles. The van der Waals surface area contributed by atoms with E-state index in [1.807, 2.05) is 24.0 Å². The van der Waals surface area contributed by atoms with Crippen LogP contribution in [0.4, 0.5) is 4.79 Å². The van der Waals surface area contributed by atoms with Gasteiger partial charge < -0.3 is 19.7 Å². The van der Waals surface area contributed by atoms with Crippen molar-refractivity contribution < 1.29 is 14.3 Å². The van der Waals surface area contributed by atoms with Gasteiger partial charge in [0.15, 0.2) is 0 Å². The molecule has 5 heteroatoms. The molecule has 0 aromatic heterocycles. The molecule has 1 aromatic rings. The molecule has 0 spiro atoms. The summed E-state index contributed by atoms with van der Waals surface area (Å²) in [4.78, 5) is 14.5. The number of nitrogens with zero attached hydrogens (tertiary/aromatic N) is 1. The number of hydrogen-bond donors (Lipinski definition) is 1. The summed E-state index contributed by atoms with van der Waals surface area (Å²) in [6, 6.07) is 8.34. The van der Waals surface area contributed by atoms with Crippen molar-refractivity contribution in [2.75, 3.05) is 32.9 Å². The summed E-state index contributed by atoms with van der Waals surface area (Å²) >= 11 is 0. The second-order valence-corrected chi connectivity index (χ2v) is 6.96. The van der Waals surface area contributed by atoms with Crippen molar-refractivity contribution in [2.24, 2.45) is 5.92 Å². The third-order valence-electron chi connectivity index (χ3n) is 4.88. The van der Waals surface area contributed by atoms with E-state index in [9.17, 15) is 4.79 Å². The van der Waals surface area contributed by atoms with Crippen LogP contribution in [0.1, 0.15) is 50.6 Å². The molecule has 1 N–H and O–H groups in total. The highest BCUT2D eigenvalue weighted by Gasteiger charge is 2.29. The lowest BCUT2D eigenvalue weighted by molar-refractivity contribution is 0.121. The Morgan fingerprint density at radius 2 is 2.04 bits per heavy atom. The summed E-state index contributed by atoms with van der Waals surface area (Å²) in [7, 11) is 0. The van der Waals surface area contributed by atoms with Crippen molar-refractivity contribution in [1.29, 1.82) is 0 Å². The van der Waals surface area contributed by atoms with E-state index in [1.54, 1.807) is 0 Å². The molecular weight excluding hydrogens is 316 g/mol. The lowest BCUT2D eigenvalue weighted by Gasteiger charge is -2.25. The Morgan fingerprint density at radius 3 is 2.76 bits per heavy atom. The van der Waals surface area contributed by atoms with E-state index in [-0.39, 0.29) is 12.1 Å². The third kappa shape index (κ3) is 5.36. The van der Waals surface area contributed by atoms with E-state index in [1.165, 1.54) is 18.4 Å². The van der Waals surface area contributed by atoms with E-state index in [0.29, 0.717) is 13.2 Å². The number of carbonyl (C=O) groups is 1. The van der Waals surface area contributed by atoms with Crippen molar-refractivity contribution >= 4 is 6.03 Å². The van der Waals surface area contributed by atoms with Gasteiger partial charge in [-0.15, -0.1) is 0 Å². The van der Waals surface area contributed by atoms with Gasteiger partial charge in [-0.25, -0.2) is 4.79 Å². The van der Waals surface area contributed by atoms with Gasteiger partial charge >= 0.3 is 6.03 Å². The van der Waals surface area contributed by atoms with E-state index in [0.717, 1.165) is 50.7 Å². The van der Waals surface area contributed by atoms with Crippen LogP contribution in [-0.4, -0.2) is 43.8 Å². The van der Waals surface area contributed by atoms with Crippen molar-refractivity contribution in [3.63, 3.8) is 0 Å². The smallest absolute Gasteiger partial charge is 0.317 e. The molecule has 2 aliphatic rings. The molecule has 1 aliphatic heterocycles. The van der Waals surface area contributed by atoms with Crippen LogP contribution < -0.4 is 10.1 Å². The lowest BCUT2D eigenvalue weighted by atomic mass is 10.0. The number of hydrogen-bond acceptors (Lipinski definition) is 3. The summed E-state index contributed by atoms with van der Waals surface area (Å²) in [6.45, 7) is 5.77. The first-order chi connectivity index (χ1) is 12.3. The Labute approximate surface area is 150 Å². The molecule has 2 fully saturated rings. The molecule has 1 atom stereocenters. The molecule has 1 saturated carbocycles. The normalized spacial score (nSPS) is 19.9. The van der Waals surface area contributed by atoms with Gasteiger partial charge in [-0.05, 0) is 62.6 Å². The number of likely N-dealkylation sites (tertiary alicyclic amines) is 1. The maximum absolute atomic E-state index is 12.5. The molecule has 2 amide bonds. The number of urea groups is 1. The summed E-state index contributed by atoms with van der Waals surface area (Å²) in [5.74, 6) is 1.68. The van der Waals surface area contributed by atoms with Gasteiger partial charge in [0, 0.05) is 26.3 Å². The van der Waals surface area contributed by atoms with Gasteiger partial charge in [0.25, 0.3) is 0 Å². The zero-order chi connectivity index (χ0) is 17.5. The minimum Gasteiger partial charge on any atom is -0.494 e. The molecule has 1 unspecified atom stereocenters. The predicted octanol–water partition coefficient (Wildman–Crippen LogP) is 3.75. The fourth-order valence-electron chi connectivity index (χ4n) is 3.31. The van der Waals surface area contributed by atoms with Gasteiger partial charge in [0.1, 0.15) is 5.75 Å². The van der Waals surface area contributed by atoms with Crippen LogP contribution in [0.5, 0.6) is 5.75 Å². The van der Waals surface area contributed by atoms with Crippen LogP contribution in [0, 0.1) is 5.92 Å². The Bertz CT molecular complexity index is 542. The van der Waals surface area contributed by atoms with Crippen molar-refractivity contribution in [1.82, 2.24) is 10.2 Å². The van der Waals surface area contributed by atoms with Gasteiger partial charge in [-0.3, -0.25) is 0 Å². The summed E-state index contributed by atoms with van der Waals surface area (Å²) < 4.78 is 11.1. The van der Waals surface area contributed by atoms with Crippen LogP contribution in [0.15, 0.2) is 24.3 Å². The van der Waals surface area contributed by atoms with Crippen LogP contribution in [-0.2, 0) is 4.74 Å². The molecular formula is C20H30N2O3. The Hall–Kier alpha value is -1.75. The summed E-state index contributed by atoms with van der Waals surface area (Å²) in [5, 5.41) is 3.04. The topological polar surface area (TPSA) is 50.8 Å². The molecule has 138 valence electrons. The molecule has 0 bridgehead atoms. The predicted molar refractivity (Wildman–Crippen MR) is 97.9 cm³/mol. The number of ether oxygens (including phenoxy) is 2. The molecule has 3 rings (SSSR count). The van der Waals surface area contributed by atoms with Crippen LogP contribution in [0.2, 0.25) is 0 Å². The number of carbonyl (C=O) groups excluding carboxylic acids is 1. The van der Waals surface area contributed by atoms with Crippen molar-refractivity contribution in [2.45, 2.75) is 45.1 Å². The molecule has 1 aliphatic carbocycles. The molecule has 5 nitrogen and oxygen atoms in total. The van der Waals surface area contributed by atoms with E-state index < -0.39 is 0 Å². The fourth-order valence-corrected chi connectivity index (χ4v) is 3.31. The Kier molecular flexibility index (Phi) is 6.56. The highest BCUT2D eigenvalue weighted by Crippen LogP contribution is 2.32. The van der Waals surface area contributed by atoms with E-state index >= 15 is 0 Å². The van der Waals surface area contributed by atoms with Gasteiger partial charge in [0.2, 0.25) is 0 Å². The minimum absolute atomic E-state index is 0.0403. The maximum Gasteiger partial charge on any atom is 0.317 e.